The standard InChI is InChI=1S/C15H19BrN2O2/c1-15(2)12-9-18(7-6-16)17-14(12)11-5-4-10(19-3)8-13(11)20-15/h4-5,8,17H,6-7,9H2,1-3H3. The highest BCUT2D eigenvalue weighted by molar-refractivity contribution is 9.09. The maximum Gasteiger partial charge on any atom is 0.133 e. The van der Waals surface area contributed by atoms with Crippen LogP contribution in [-0.4, -0.2) is 36.1 Å². The van der Waals surface area contributed by atoms with Gasteiger partial charge < -0.3 is 14.9 Å². The van der Waals surface area contributed by atoms with Crippen LogP contribution in [0, 0.1) is 0 Å². The first-order valence-electron chi connectivity index (χ1n) is 6.74. The van der Waals surface area contributed by atoms with Gasteiger partial charge in [0.2, 0.25) is 0 Å². The molecule has 2 heterocycles. The Morgan fingerprint density at radius 2 is 2.25 bits per heavy atom. The summed E-state index contributed by atoms with van der Waals surface area (Å²) in [5, 5.41) is 3.15. The van der Waals surface area contributed by atoms with Gasteiger partial charge in [0.25, 0.3) is 0 Å². The highest BCUT2D eigenvalue weighted by atomic mass is 79.9. The first-order valence-corrected chi connectivity index (χ1v) is 7.86. The molecule has 0 atom stereocenters. The highest BCUT2D eigenvalue weighted by Gasteiger charge is 2.39. The molecule has 5 heteroatoms. The van der Waals surface area contributed by atoms with Crippen LogP contribution in [0.25, 0.3) is 5.70 Å². The second-order valence-electron chi connectivity index (χ2n) is 5.55. The lowest BCUT2D eigenvalue weighted by atomic mass is 9.90. The minimum absolute atomic E-state index is 0.303. The van der Waals surface area contributed by atoms with Crippen molar-refractivity contribution in [3.05, 3.63) is 29.3 Å². The molecule has 0 saturated heterocycles. The molecule has 0 saturated carbocycles. The topological polar surface area (TPSA) is 33.7 Å². The summed E-state index contributed by atoms with van der Waals surface area (Å²) in [4.78, 5) is 0. The fourth-order valence-electron chi connectivity index (χ4n) is 2.74. The molecule has 108 valence electrons. The van der Waals surface area contributed by atoms with E-state index in [0.29, 0.717) is 0 Å². The van der Waals surface area contributed by atoms with Crippen LogP contribution in [0.2, 0.25) is 0 Å². The number of hydrazine groups is 1. The summed E-state index contributed by atoms with van der Waals surface area (Å²) in [6.07, 6.45) is 0. The number of halogens is 1. The van der Waals surface area contributed by atoms with E-state index in [1.807, 2.05) is 12.1 Å². The first-order chi connectivity index (χ1) is 9.55. The first kappa shape index (κ1) is 13.8. The summed E-state index contributed by atoms with van der Waals surface area (Å²) >= 11 is 3.49. The number of rotatable bonds is 3. The van der Waals surface area contributed by atoms with Gasteiger partial charge in [-0.2, -0.15) is 0 Å². The number of hydrogen-bond acceptors (Lipinski definition) is 4. The van der Waals surface area contributed by atoms with Crippen molar-refractivity contribution in [2.45, 2.75) is 19.4 Å². The Morgan fingerprint density at radius 3 is 2.95 bits per heavy atom. The van der Waals surface area contributed by atoms with Gasteiger partial charge >= 0.3 is 0 Å². The van der Waals surface area contributed by atoms with Crippen molar-refractivity contribution in [3.63, 3.8) is 0 Å². The minimum atomic E-state index is -0.303. The number of alkyl halides is 1. The average molecular weight is 339 g/mol. The van der Waals surface area contributed by atoms with Crippen LogP contribution in [0.1, 0.15) is 19.4 Å². The molecule has 0 aromatic heterocycles. The minimum Gasteiger partial charge on any atom is -0.497 e. The van der Waals surface area contributed by atoms with Gasteiger partial charge in [0.15, 0.2) is 0 Å². The molecule has 0 bridgehead atoms. The predicted molar refractivity (Wildman–Crippen MR) is 83.1 cm³/mol. The van der Waals surface area contributed by atoms with Gasteiger partial charge in [0.1, 0.15) is 17.1 Å². The molecule has 0 fully saturated rings. The fourth-order valence-corrected chi connectivity index (χ4v) is 3.17. The molecule has 1 aromatic carbocycles. The molecule has 1 N–H and O–H groups in total. The van der Waals surface area contributed by atoms with E-state index >= 15 is 0 Å². The Morgan fingerprint density at radius 1 is 1.45 bits per heavy atom. The predicted octanol–water partition coefficient (Wildman–Crippen LogP) is 2.79. The number of nitrogens with zero attached hydrogens (tertiary/aromatic N) is 1. The number of methoxy groups -OCH3 is 1. The Labute approximate surface area is 127 Å². The molecule has 0 unspecified atom stereocenters. The quantitative estimate of drug-likeness (QED) is 0.859. The molecule has 0 amide bonds. The number of ether oxygens (including phenoxy) is 2. The lowest BCUT2D eigenvalue weighted by molar-refractivity contribution is 0.138. The van der Waals surface area contributed by atoms with E-state index in [-0.39, 0.29) is 5.60 Å². The monoisotopic (exact) mass is 338 g/mol. The second kappa shape index (κ2) is 4.97. The SMILES string of the molecule is COc1ccc2c(c1)OC(C)(C)C1=C2NN(CCBr)C1. The summed E-state index contributed by atoms with van der Waals surface area (Å²) in [6, 6.07) is 5.99. The van der Waals surface area contributed by atoms with Crippen molar-refractivity contribution in [3.8, 4) is 11.5 Å². The van der Waals surface area contributed by atoms with Crippen LogP contribution in [0.4, 0.5) is 0 Å². The van der Waals surface area contributed by atoms with E-state index in [9.17, 15) is 0 Å². The molecule has 1 aromatic rings. The van der Waals surface area contributed by atoms with Crippen LogP contribution < -0.4 is 14.9 Å². The third-order valence-electron chi connectivity index (χ3n) is 3.83. The highest BCUT2D eigenvalue weighted by Crippen LogP contribution is 2.43. The Hall–Kier alpha value is -1.20. The van der Waals surface area contributed by atoms with E-state index < -0.39 is 0 Å². The van der Waals surface area contributed by atoms with Gasteiger partial charge in [-0.25, -0.2) is 5.01 Å². The van der Waals surface area contributed by atoms with E-state index in [1.165, 1.54) is 11.3 Å². The lowest BCUT2D eigenvalue weighted by Crippen LogP contribution is -2.36. The smallest absolute Gasteiger partial charge is 0.133 e. The summed E-state index contributed by atoms with van der Waals surface area (Å²) in [5.74, 6) is 1.69. The van der Waals surface area contributed by atoms with Crippen molar-refractivity contribution in [1.82, 2.24) is 10.4 Å². The zero-order valence-corrected chi connectivity index (χ0v) is 13.6. The van der Waals surface area contributed by atoms with Gasteiger partial charge in [0, 0.05) is 35.6 Å². The summed E-state index contributed by atoms with van der Waals surface area (Å²) in [5.41, 5.74) is 6.79. The van der Waals surface area contributed by atoms with Gasteiger partial charge in [-0.05, 0) is 26.0 Å². The molecule has 3 rings (SSSR count). The summed E-state index contributed by atoms with van der Waals surface area (Å²) in [6.45, 7) is 6.07. The van der Waals surface area contributed by atoms with E-state index in [1.54, 1.807) is 7.11 Å². The van der Waals surface area contributed by atoms with Gasteiger partial charge in [-0.1, -0.05) is 15.9 Å². The van der Waals surface area contributed by atoms with Crippen LogP contribution in [0.3, 0.4) is 0 Å². The van der Waals surface area contributed by atoms with Gasteiger partial charge in [0.05, 0.1) is 12.8 Å². The molecule has 0 aliphatic carbocycles. The number of fused-ring (bicyclic) bond motifs is 2. The van der Waals surface area contributed by atoms with Crippen molar-refractivity contribution in [2.75, 3.05) is 25.5 Å². The summed E-state index contributed by atoms with van der Waals surface area (Å²) < 4.78 is 11.5. The Kier molecular flexibility index (Phi) is 3.42. The molecule has 2 aliphatic heterocycles. The van der Waals surface area contributed by atoms with Crippen molar-refractivity contribution < 1.29 is 9.47 Å². The zero-order valence-electron chi connectivity index (χ0n) is 12.0. The lowest BCUT2D eigenvalue weighted by Gasteiger charge is -2.33. The molecule has 0 radical (unpaired) electrons. The molecular weight excluding hydrogens is 320 g/mol. The largest absolute Gasteiger partial charge is 0.497 e. The third-order valence-corrected chi connectivity index (χ3v) is 4.18. The van der Waals surface area contributed by atoms with Crippen LogP contribution >= 0.6 is 15.9 Å². The number of nitrogens with one attached hydrogen (secondary N) is 1. The van der Waals surface area contributed by atoms with Crippen LogP contribution in [-0.2, 0) is 0 Å². The summed E-state index contributed by atoms with van der Waals surface area (Å²) in [7, 11) is 1.67. The molecule has 20 heavy (non-hydrogen) atoms. The number of benzene rings is 1. The van der Waals surface area contributed by atoms with Crippen molar-refractivity contribution >= 4 is 21.6 Å². The Bertz CT molecular complexity index is 569. The number of hydrogen-bond donors (Lipinski definition) is 1. The van der Waals surface area contributed by atoms with E-state index in [4.69, 9.17) is 9.47 Å². The maximum atomic E-state index is 6.19. The Balaban J connectivity index is 2.02. The van der Waals surface area contributed by atoms with Gasteiger partial charge in [-0.15, -0.1) is 0 Å². The molecule has 2 aliphatic rings. The normalized spacial score (nSPS) is 20.0. The molecule has 0 spiro atoms. The second-order valence-corrected chi connectivity index (χ2v) is 6.34. The van der Waals surface area contributed by atoms with Crippen molar-refractivity contribution in [2.24, 2.45) is 0 Å². The van der Waals surface area contributed by atoms with Crippen molar-refractivity contribution in [1.29, 1.82) is 0 Å². The third kappa shape index (κ3) is 2.19. The fraction of sp³-hybridized carbons (Fsp3) is 0.467. The molecular formula is C15H19BrN2O2. The zero-order chi connectivity index (χ0) is 14.3. The maximum absolute atomic E-state index is 6.19. The van der Waals surface area contributed by atoms with Crippen LogP contribution in [0.15, 0.2) is 23.8 Å². The average Bonchev–Trinajstić information content (AvgIpc) is 2.83. The molecule has 4 nitrogen and oxygen atoms in total. The van der Waals surface area contributed by atoms with Gasteiger partial charge in [-0.3, -0.25) is 0 Å². The van der Waals surface area contributed by atoms with Crippen LogP contribution in [0.5, 0.6) is 11.5 Å². The van der Waals surface area contributed by atoms with E-state index in [0.717, 1.165) is 35.5 Å². The van der Waals surface area contributed by atoms with E-state index in [2.05, 4.69) is 46.3 Å².